The molecule has 1 N–H and O–H groups in total. The van der Waals surface area contributed by atoms with Gasteiger partial charge in [0.25, 0.3) is 0 Å². The molecular weight excluding hydrogens is 315 g/mol. The van der Waals surface area contributed by atoms with Crippen molar-refractivity contribution in [2.45, 2.75) is 26.9 Å². The van der Waals surface area contributed by atoms with Gasteiger partial charge in [-0.05, 0) is 32.0 Å². The molecule has 23 heavy (non-hydrogen) atoms. The van der Waals surface area contributed by atoms with E-state index in [1.165, 1.54) is 6.07 Å². The number of rotatable bonds is 4. The minimum Gasteiger partial charge on any atom is -0.328 e. The second kappa shape index (κ2) is 6.26. The second-order valence-corrected chi connectivity index (χ2v) is 6.36. The molecule has 3 aromatic rings. The zero-order valence-electron chi connectivity index (χ0n) is 13.4. The summed E-state index contributed by atoms with van der Waals surface area (Å²) in [4.78, 5) is 10.1. The van der Waals surface area contributed by atoms with E-state index in [0.29, 0.717) is 29.5 Å². The van der Waals surface area contributed by atoms with Crippen molar-refractivity contribution in [3.63, 3.8) is 0 Å². The fraction of sp³-hybridized carbons (Fsp3) is 0.294. The van der Waals surface area contributed by atoms with Gasteiger partial charge < -0.3 is 4.90 Å². The molecule has 1 aromatic carbocycles. The average molecular weight is 334 g/mol. The molecule has 0 saturated heterocycles. The lowest BCUT2D eigenvalue weighted by Gasteiger charge is -2.14. The van der Waals surface area contributed by atoms with Crippen molar-refractivity contribution in [3.05, 3.63) is 63.9 Å². The van der Waals surface area contributed by atoms with E-state index >= 15 is 0 Å². The highest BCUT2D eigenvalue weighted by molar-refractivity contribution is 6.31. The van der Waals surface area contributed by atoms with Gasteiger partial charge in [-0.2, -0.15) is 0 Å². The molecule has 0 fully saturated rings. The molecule has 4 nitrogen and oxygen atoms in total. The number of hydrogen-bond acceptors (Lipinski definition) is 2. The maximum Gasteiger partial charge on any atom is 0.234 e. The van der Waals surface area contributed by atoms with E-state index in [2.05, 4.69) is 9.97 Å². The summed E-state index contributed by atoms with van der Waals surface area (Å²) in [7, 11) is 2.00. The first-order valence-corrected chi connectivity index (χ1v) is 7.88. The zero-order chi connectivity index (χ0) is 16.6. The van der Waals surface area contributed by atoms with E-state index in [1.54, 1.807) is 12.1 Å². The maximum absolute atomic E-state index is 13.9. The van der Waals surface area contributed by atoms with Gasteiger partial charge in [0.2, 0.25) is 5.78 Å². The predicted octanol–water partition coefficient (Wildman–Crippen LogP) is 2.35. The lowest BCUT2D eigenvalue weighted by Crippen LogP contribution is -3.06. The van der Waals surface area contributed by atoms with Crippen molar-refractivity contribution in [3.8, 4) is 0 Å². The first-order chi connectivity index (χ1) is 10.9. The Labute approximate surface area is 139 Å². The Kier molecular flexibility index (Phi) is 4.33. The quantitative estimate of drug-likeness (QED) is 0.795. The third-order valence-electron chi connectivity index (χ3n) is 3.83. The van der Waals surface area contributed by atoms with Gasteiger partial charge in [-0.3, -0.25) is 4.40 Å². The number of halogens is 2. The van der Waals surface area contributed by atoms with Crippen LogP contribution in [0.2, 0.25) is 5.02 Å². The van der Waals surface area contributed by atoms with Crippen LogP contribution in [0.1, 0.15) is 22.6 Å². The fourth-order valence-electron chi connectivity index (χ4n) is 2.78. The van der Waals surface area contributed by atoms with Gasteiger partial charge >= 0.3 is 0 Å². The Hall–Kier alpha value is -1.98. The fourth-order valence-corrected chi connectivity index (χ4v) is 3.01. The van der Waals surface area contributed by atoms with Crippen LogP contribution in [0.4, 0.5) is 4.39 Å². The van der Waals surface area contributed by atoms with Gasteiger partial charge in [0.1, 0.15) is 24.6 Å². The molecule has 1 unspecified atom stereocenters. The molecule has 0 spiro atoms. The predicted molar refractivity (Wildman–Crippen MR) is 88.2 cm³/mol. The number of nitrogens with one attached hydrogen (secondary N) is 1. The smallest absolute Gasteiger partial charge is 0.234 e. The number of aromatic nitrogens is 3. The van der Waals surface area contributed by atoms with Crippen LogP contribution >= 0.6 is 11.6 Å². The third kappa shape index (κ3) is 3.35. The molecule has 0 aliphatic heterocycles. The summed E-state index contributed by atoms with van der Waals surface area (Å²) in [6.45, 7) is 5.17. The summed E-state index contributed by atoms with van der Waals surface area (Å²) in [5, 5.41) is 0.465. The average Bonchev–Trinajstić information content (AvgIpc) is 2.85. The lowest BCUT2D eigenvalue weighted by atomic mass is 10.2. The van der Waals surface area contributed by atoms with E-state index in [9.17, 15) is 4.39 Å². The van der Waals surface area contributed by atoms with E-state index in [1.807, 2.05) is 37.6 Å². The minimum atomic E-state index is -0.264. The van der Waals surface area contributed by atoms with Crippen LogP contribution in [0, 0.1) is 19.7 Å². The normalized spacial score (nSPS) is 12.7. The molecule has 0 bridgehead atoms. The number of hydrogen-bond donors (Lipinski definition) is 1. The van der Waals surface area contributed by atoms with Crippen LogP contribution in [0.3, 0.4) is 0 Å². The molecule has 6 heteroatoms. The topological polar surface area (TPSA) is 34.6 Å². The van der Waals surface area contributed by atoms with Crippen molar-refractivity contribution >= 4 is 17.4 Å². The van der Waals surface area contributed by atoms with Gasteiger partial charge in [-0.15, -0.1) is 0 Å². The van der Waals surface area contributed by atoms with Crippen molar-refractivity contribution < 1.29 is 9.29 Å². The van der Waals surface area contributed by atoms with Crippen LogP contribution in [-0.4, -0.2) is 21.4 Å². The summed E-state index contributed by atoms with van der Waals surface area (Å²) in [6, 6.07) is 6.80. The highest BCUT2D eigenvalue weighted by Gasteiger charge is 2.15. The molecule has 1 atom stereocenters. The molecule has 0 aliphatic carbocycles. The van der Waals surface area contributed by atoms with Gasteiger partial charge in [0.05, 0.1) is 17.6 Å². The molecule has 0 aliphatic rings. The second-order valence-electron chi connectivity index (χ2n) is 5.95. The zero-order valence-corrected chi connectivity index (χ0v) is 14.2. The van der Waals surface area contributed by atoms with Gasteiger partial charge in [-0.25, -0.2) is 14.4 Å². The van der Waals surface area contributed by atoms with Gasteiger partial charge in [-0.1, -0.05) is 17.7 Å². The number of quaternary nitrogens is 1. The number of aryl methyl sites for hydroxylation is 2. The van der Waals surface area contributed by atoms with Crippen LogP contribution in [0.5, 0.6) is 0 Å². The Balaban J connectivity index is 1.80. The maximum atomic E-state index is 13.9. The first-order valence-electron chi connectivity index (χ1n) is 7.50. The minimum absolute atomic E-state index is 0.264. The van der Waals surface area contributed by atoms with E-state index in [0.717, 1.165) is 22.0 Å². The lowest BCUT2D eigenvalue weighted by molar-refractivity contribution is -0.908. The largest absolute Gasteiger partial charge is 0.328 e. The Morgan fingerprint density at radius 1 is 1.22 bits per heavy atom. The van der Waals surface area contributed by atoms with Crippen molar-refractivity contribution in [1.82, 2.24) is 14.4 Å². The summed E-state index contributed by atoms with van der Waals surface area (Å²) in [6.07, 6.45) is 1.99. The number of imidazole rings is 1. The molecule has 120 valence electrons. The third-order valence-corrected chi connectivity index (χ3v) is 4.19. The standard InChI is InChI=1S/C17H18ClFN4/c1-11-7-12(2)23-9-13(21-17(23)20-11)8-22(3)10-14-15(18)5-4-6-16(14)19/h4-7,9H,8,10H2,1-3H3/p+1. The summed E-state index contributed by atoms with van der Waals surface area (Å²) < 4.78 is 15.9. The Morgan fingerprint density at radius 3 is 2.74 bits per heavy atom. The van der Waals surface area contributed by atoms with E-state index in [-0.39, 0.29) is 5.82 Å². The molecule has 0 saturated carbocycles. The monoisotopic (exact) mass is 333 g/mol. The van der Waals surface area contributed by atoms with Gasteiger partial charge in [0.15, 0.2) is 0 Å². The number of nitrogens with zero attached hydrogens (tertiary/aromatic N) is 3. The van der Waals surface area contributed by atoms with Crippen LogP contribution in [-0.2, 0) is 13.1 Å². The highest BCUT2D eigenvalue weighted by Crippen LogP contribution is 2.17. The summed E-state index contributed by atoms with van der Waals surface area (Å²) in [5.41, 5.74) is 3.52. The van der Waals surface area contributed by atoms with Crippen LogP contribution in [0.15, 0.2) is 30.5 Å². The highest BCUT2D eigenvalue weighted by atomic mass is 35.5. The Bertz CT molecular complexity index is 839. The van der Waals surface area contributed by atoms with Crippen LogP contribution < -0.4 is 4.90 Å². The summed E-state index contributed by atoms with van der Waals surface area (Å²) in [5.74, 6) is 0.439. The van der Waals surface area contributed by atoms with E-state index < -0.39 is 0 Å². The number of benzene rings is 1. The van der Waals surface area contributed by atoms with Crippen molar-refractivity contribution in [2.75, 3.05) is 7.05 Å². The molecule has 2 heterocycles. The molecule has 0 amide bonds. The summed E-state index contributed by atoms with van der Waals surface area (Å²) >= 11 is 6.10. The number of fused-ring (bicyclic) bond motifs is 1. The van der Waals surface area contributed by atoms with Crippen molar-refractivity contribution in [2.24, 2.45) is 0 Å². The van der Waals surface area contributed by atoms with Crippen molar-refractivity contribution in [1.29, 1.82) is 0 Å². The Morgan fingerprint density at radius 2 is 2.00 bits per heavy atom. The first kappa shape index (κ1) is 15.9. The van der Waals surface area contributed by atoms with E-state index in [4.69, 9.17) is 11.6 Å². The molecule has 0 radical (unpaired) electrons. The molecule has 2 aromatic heterocycles. The van der Waals surface area contributed by atoms with Gasteiger partial charge in [0, 0.05) is 17.6 Å². The molecule has 3 rings (SSSR count). The SMILES string of the molecule is Cc1cc(C)n2cc(C[NH+](C)Cc3c(F)cccc3Cl)nc2n1. The molecular formula is C17H19ClFN4+. The van der Waals surface area contributed by atoms with Crippen LogP contribution in [0.25, 0.3) is 5.78 Å².